The van der Waals surface area contributed by atoms with E-state index in [1.807, 2.05) is 18.2 Å². The van der Waals surface area contributed by atoms with Gasteiger partial charge in [0.05, 0.1) is 18.6 Å². The molecule has 0 aliphatic carbocycles. The number of benzene rings is 1. The zero-order valence-electron chi connectivity index (χ0n) is 10.6. The quantitative estimate of drug-likeness (QED) is 0.825. The van der Waals surface area contributed by atoms with Crippen molar-refractivity contribution in [3.8, 4) is 0 Å². The molecule has 5 nitrogen and oxygen atoms in total. The molecule has 2 aromatic rings. The normalized spacial score (nSPS) is 10.6. The SMILES string of the molecule is COC(=O)CCNC(=O)c1[nH]c2ccc(Br)cc2c1Cl. The van der Waals surface area contributed by atoms with Crippen LogP contribution in [0.25, 0.3) is 10.9 Å². The van der Waals surface area contributed by atoms with Crippen LogP contribution in [0.2, 0.25) is 5.02 Å². The number of aromatic amines is 1. The zero-order chi connectivity index (χ0) is 14.7. The van der Waals surface area contributed by atoms with Crippen LogP contribution in [0.15, 0.2) is 22.7 Å². The van der Waals surface area contributed by atoms with Gasteiger partial charge in [-0.2, -0.15) is 0 Å². The molecule has 0 unspecified atom stereocenters. The molecule has 20 heavy (non-hydrogen) atoms. The fourth-order valence-corrected chi connectivity index (χ4v) is 2.41. The van der Waals surface area contributed by atoms with Gasteiger partial charge in [-0.15, -0.1) is 0 Å². The molecule has 2 rings (SSSR count). The van der Waals surface area contributed by atoms with E-state index in [2.05, 4.69) is 31.0 Å². The topological polar surface area (TPSA) is 71.2 Å². The summed E-state index contributed by atoms with van der Waals surface area (Å²) in [4.78, 5) is 25.9. The highest BCUT2D eigenvalue weighted by Crippen LogP contribution is 2.29. The van der Waals surface area contributed by atoms with Crippen LogP contribution in [0.4, 0.5) is 0 Å². The third kappa shape index (κ3) is 3.13. The predicted molar refractivity (Wildman–Crippen MR) is 80.0 cm³/mol. The molecule has 1 aromatic heterocycles. The van der Waals surface area contributed by atoms with Crippen molar-refractivity contribution in [2.75, 3.05) is 13.7 Å². The number of H-pyrrole nitrogens is 1. The van der Waals surface area contributed by atoms with Crippen molar-refractivity contribution in [2.45, 2.75) is 6.42 Å². The van der Waals surface area contributed by atoms with Gasteiger partial charge in [-0.1, -0.05) is 27.5 Å². The number of esters is 1. The number of ether oxygens (including phenoxy) is 1. The maximum absolute atomic E-state index is 12.0. The molecule has 1 heterocycles. The van der Waals surface area contributed by atoms with E-state index in [1.54, 1.807) is 0 Å². The standard InChI is InChI=1S/C13H12BrClN2O3/c1-20-10(18)4-5-16-13(19)12-11(15)8-6-7(14)2-3-9(8)17-12/h2-3,6,17H,4-5H2,1H3,(H,16,19). The van der Waals surface area contributed by atoms with Crippen LogP contribution in [0.3, 0.4) is 0 Å². The molecule has 7 heteroatoms. The smallest absolute Gasteiger partial charge is 0.307 e. The summed E-state index contributed by atoms with van der Waals surface area (Å²) in [5.74, 6) is -0.733. The number of aromatic nitrogens is 1. The number of methoxy groups -OCH3 is 1. The Labute approximate surface area is 128 Å². The maximum Gasteiger partial charge on any atom is 0.307 e. The molecule has 0 bridgehead atoms. The van der Waals surface area contributed by atoms with Crippen LogP contribution in [0.5, 0.6) is 0 Å². The molecular weight excluding hydrogens is 348 g/mol. The van der Waals surface area contributed by atoms with Crippen molar-refractivity contribution in [3.63, 3.8) is 0 Å². The van der Waals surface area contributed by atoms with E-state index >= 15 is 0 Å². The Morgan fingerprint density at radius 1 is 1.45 bits per heavy atom. The van der Waals surface area contributed by atoms with E-state index in [9.17, 15) is 9.59 Å². The van der Waals surface area contributed by atoms with Crippen molar-refractivity contribution in [3.05, 3.63) is 33.4 Å². The average molecular weight is 360 g/mol. The second kappa shape index (κ2) is 6.28. The van der Waals surface area contributed by atoms with E-state index in [4.69, 9.17) is 11.6 Å². The molecule has 0 radical (unpaired) electrons. The first-order chi connectivity index (χ1) is 9.52. The van der Waals surface area contributed by atoms with E-state index in [0.29, 0.717) is 5.02 Å². The van der Waals surface area contributed by atoms with Crippen molar-refractivity contribution < 1.29 is 14.3 Å². The highest BCUT2D eigenvalue weighted by molar-refractivity contribution is 9.10. The summed E-state index contributed by atoms with van der Waals surface area (Å²) in [5.41, 5.74) is 1.06. The molecule has 0 aliphatic heterocycles. The van der Waals surface area contributed by atoms with Crippen LogP contribution in [0.1, 0.15) is 16.9 Å². The van der Waals surface area contributed by atoms with E-state index in [1.165, 1.54) is 7.11 Å². The van der Waals surface area contributed by atoms with Crippen molar-refractivity contribution >= 4 is 50.3 Å². The van der Waals surface area contributed by atoms with Crippen molar-refractivity contribution in [2.24, 2.45) is 0 Å². The largest absolute Gasteiger partial charge is 0.469 e. The zero-order valence-corrected chi connectivity index (χ0v) is 13.0. The maximum atomic E-state index is 12.0. The summed E-state index contributed by atoms with van der Waals surface area (Å²) in [6.07, 6.45) is 0.117. The van der Waals surface area contributed by atoms with Gasteiger partial charge < -0.3 is 15.0 Å². The van der Waals surface area contributed by atoms with Crippen LogP contribution in [0, 0.1) is 0 Å². The first-order valence-corrected chi connectivity index (χ1v) is 7.01. The van der Waals surface area contributed by atoms with Gasteiger partial charge in [0.1, 0.15) is 5.69 Å². The van der Waals surface area contributed by atoms with Crippen LogP contribution >= 0.6 is 27.5 Å². The Balaban J connectivity index is 2.14. The molecule has 0 fully saturated rings. The summed E-state index contributed by atoms with van der Waals surface area (Å²) >= 11 is 9.54. The minimum absolute atomic E-state index is 0.117. The molecule has 0 spiro atoms. The number of hydrogen-bond acceptors (Lipinski definition) is 3. The Morgan fingerprint density at radius 2 is 2.20 bits per heavy atom. The third-order valence-electron chi connectivity index (χ3n) is 2.77. The molecular formula is C13H12BrClN2O3. The number of carbonyl (C=O) groups is 2. The van der Waals surface area contributed by atoms with E-state index < -0.39 is 0 Å². The minimum atomic E-state index is -0.378. The molecule has 2 N–H and O–H groups in total. The van der Waals surface area contributed by atoms with Gasteiger partial charge >= 0.3 is 5.97 Å². The molecule has 106 valence electrons. The number of nitrogens with one attached hydrogen (secondary N) is 2. The van der Waals surface area contributed by atoms with Gasteiger partial charge in [-0.3, -0.25) is 9.59 Å². The summed E-state index contributed by atoms with van der Waals surface area (Å²) in [5, 5.41) is 3.73. The number of carbonyl (C=O) groups excluding carboxylic acids is 2. The molecule has 0 aliphatic rings. The second-order valence-corrected chi connectivity index (χ2v) is 5.38. The Bertz CT molecular complexity index is 669. The first kappa shape index (κ1) is 14.9. The van der Waals surface area contributed by atoms with Gasteiger partial charge in [-0.25, -0.2) is 0 Å². The van der Waals surface area contributed by atoms with Crippen LogP contribution < -0.4 is 5.32 Å². The summed E-state index contributed by atoms with van der Waals surface area (Å²) in [6, 6.07) is 5.52. The van der Waals surface area contributed by atoms with Crippen LogP contribution in [-0.2, 0) is 9.53 Å². The number of halogens is 2. The molecule has 1 aromatic carbocycles. The highest BCUT2D eigenvalue weighted by atomic mass is 79.9. The summed E-state index contributed by atoms with van der Waals surface area (Å²) < 4.78 is 5.37. The van der Waals surface area contributed by atoms with Crippen molar-refractivity contribution in [1.82, 2.24) is 10.3 Å². The average Bonchev–Trinajstić information content (AvgIpc) is 2.75. The minimum Gasteiger partial charge on any atom is -0.469 e. The number of hydrogen-bond donors (Lipinski definition) is 2. The number of fused-ring (bicyclic) bond motifs is 1. The highest BCUT2D eigenvalue weighted by Gasteiger charge is 2.16. The monoisotopic (exact) mass is 358 g/mol. The number of rotatable bonds is 4. The molecule has 0 saturated carbocycles. The fraction of sp³-hybridized carbons (Fsp3) is 0.231. The van der Waals surface area contributed by atoms with Gasteiger partial charge in [0.15, 0.2) is 0 Å². The second-order valence-electron chi connectivity index (χ2n) is 4.09. The molecule has 1 amide bonds. The van der Waals surface area contributed by atoms with Gasteiger partial charge in [0.25, 0.3) is 5.91 Å². The van der Waals surface area contributed by atoms with E-state index in [0.717, 1.165) is 15.4 Å². The lowest BCUT2D eigenvalue weighted by Gasteiger charge is -2.03. The Kier molecular flexibility index (Phi) is 4.67. The third-order valence-corrected chi connectivity index (χ3v) is 3.65. The lowest BCUT2D eigenvalue weighted by molar-refractivity contribution is -0.140. The first-order valence-electron chi connectivity index (χ1n) is 5.84. The van der Waals surface area contributed by atoms with Gasteiger partial charge in [0.2, 0.25) is 0 Å². The Morgan fingerprint density at radius 3 is 2.90 bits per heavy atom. The van der Waals surface area contributed by atoms with Crippen molar-refractivity contribution in [1.29, 1.82) is 0 Å². The van der Waals surface area contributed by atoms with Crippen LogP contribution in [-0.4, -0.2) is 30.5 Å². The molecule has 0 saturated heterocycles. The van der Waals surface area contributed by atoms with E-state index in [-0.39, 0.29) is 30.5 Å². The lowest BCUT2D eigenvalue weighted by Crippen LogP contribution is -2.26. The number of amides is 1. The van der Waals surface area contributed by atoms with Gasteiger partial charge in [-0.05, 0) is 18.2 Å². The predicted octanol–water partition coefficient (Wildman–Crippen LogP) is 2.88. The van der Waals surface area contributed by atoms with Gasteiger partial charge in [0, 0.05) is 21.9 Å². The summed E-state index contributed by atoms with van der Waals surface area (Å²) in [7, 11) is 1.30. The lowest BCUT2D eigenvalue weighted by atomic mass is 10.2. The Hall–Kier alpha value is -1.53. The summed E-state index contributed by atoms with van der Waals surface area (Å²) in [6.45, 7) is 0.195. The molecule has 0 atom stereocenters. The fourth-order valence-electron chi connectivity index (χ4n) is 1.76.